The predicted octanol–water partition coefficient (Wildman–Crippen LogP) is 3.51. The van der Waals surface area contributed by atoms with E-state index in [0.717, 1.165) is 12.1 Å². The molecule has 5 heteroatoms. The topological polar surface area (TPSA) is 58.6 Å². The molecule has 2 amide bonds. The molecule has 5 nitrogen and oxygen atoms in total. The average Bonchev–Trinajstić information content (AvgIpc) is 2.73. The molecule has 1 N–H and O–H groups in total. The smallest absolute Gasteiger partial charge is 0.260 e. The number of amides is 2. The van der Waals surface area contributed by atoms with Crippen molar-refractivity contribution in [2.75, 3.05) is 25.0 Å². The van der Waals surface area contributed by atoms with E-state index in [1.54, 1.807) is 4.90 Å². The third kappa shape index (κ3) is 5.33. The van der Waals surface area contributed by atoms with Crippen molar-refractivity contribution in [1.82, 2.24) is 4.90 Å². The van der Waals surface area contributed by atoms with Crippen LogP contribution in [-0.4, -0.2) is 36.4 Å². The summed E-state index contributed by atoms with van der Waals surface area (Å²) >= 11 is 0. The molecule has 2 aromatic rings. The van der Waals surface area contributed by atoms with Gasteiger partial charge in [-0.25, -0.2) is 0 Å². The first-order chi connectivity index (χ1) is 13.2. The number of likely N-dealkylation sites (tertiary alicyclic amines) is 1. The van der Waals surface area contributed by atoms with Crippen molar-refractivity contribution in [1.29, 1.82) is 0 Å². The average molecular weight is 366 g/mol. The second kappa shape index (κ2) is 9.21. The number of nitrogens with one attached hydrogen (secondary N) is 1. The van der Waals surface area contributed by atoms with Crippen LogP contribution in [0.1, 0.15) is 25.3 Å². The summed E-state index contributed by atoms with van der Waals surface area (Å²) in [5, 5.41) is 2.94. The minimum absolute atomic E-state index is 0.0283. The van der Waals surface area contributed by atoms with Crippen molar-refractivity contribution in [3.8, 4) is 5.75 Å². The molecule has 142 valence electrons. The SMILES string of the molecule is CCc1ccc(OCC(=O)N2CCC(C(=O)Nc3ccccc3)CC2)cc1. The fourth-order valence-corrected chi connectivity index (χ4v) is 3.21. The van der Waals surface area contributed by atoms with Gasteiger partial charge in [-0.05, 0) is 49.1 Å². The van der Waals surface area contributed by atoms with E-state index in [-0.39, 0.29) is 24.3 Å². The molecule has 1 aliphatic rings. The van der Waals surface area contributed by atoms with Gasteiger partial charge < -0.3 is 15.0 Å². The molecule has 2 aromatic carbocycles. The first-order valence-corrected chi connectivity index (χ1v) is 9.51. The first kappa shape index (κ1) is 19.0. The molecule has 3 rings (SSSR count). The third-order valence-electron chi connectivity index (χ3n) is 4.95. The third-order valence-corrected chi connectivity index (χ3v) is 4.95. The van der Waals surface area contributed by atoms with Crippen molar-refractivity contribution in [3.05, 3.63) is 60.2 Å². The Morgan fingerprint density at radius 3 is 2.33 bits per heavy atom. The van der Waals surface area contributed by atoms with Gasteiger partial charge in [0, 0.05) is 24.7 Å². The number of carbonyl (C=O) groups excluding carboxylic acids is 2. The number of hydrogen-bond donors (Lipinski definition) is 1. The van der Waals surface area contributed by atoms with Crippen LogP contribution in [0.4, 0.5) is 5.69 Å². The van der Waals surface area contributed by atoms with Crippen LogP contribution in [0.5, 0.6) is 5.75 Å². The van der Waals surface area contributed by atoms with E-state index in [9.17, 15) is 9.59 Å². The van der Waals surface area contributed by atoms with Crippen LogP contribution in [0.2, 0.25) is 0 Å². The summed E-state index contributed by atoms with van der Waals surface area (Å²) in [5.74, 6) is 0.645. The van der Waals surface area contributed by atoms with E-state index in [0.29, 0.717) is 31.7 Å². The summed E-state index contributed by atoms with van der Waals surface area (Å²) in [5.41, 5.74) is 2.05. The summed E-state index contributed by atoms with van der Waals surface area (Å²) in [6.07, 6.45) is 2.33. The van der Waals surface area contributed by atoms with Gasteiger partial charge in [0.15, 0.2) is 6.61 Å². The Hall–Kier alpha value is -2.82. The Kier molecular flexibility index (Phi) is 6.47. The van der Waals surface area contributed by atoms with Crippen molar-refractivity contribution < 1.29 is 14.3 Å². The molecule has 0 bridgehead atoms. The fourth-order valence-electron chi connectivity index (χ4n) is 3.21. The van der Waals surface area contributed by atoms with Crippen LogP contribution in [0.15, 0.2) is 54.6 Å². The van der Waals surface area contributed by atoms with E-state index >= 15 is 0 Å². The normalized spacial score (nSPS) is 14.6. The minimum atomic E-state index is -0.0586. The van der Waals surface area contributed by atoms with Crippen molar-refractivity contribution >= 4 is 17.5 Å². The molecular formula is C22H26N2O3. The van der Waals surface area contributed by atoms with E-state index in [1.807, 2.05) is 54.6 Å². The van der Waals surface area contributed by atoms with Gasteiger partial charge in [-0.3, -0.25) is 9.59 Å². The van der Waals surface area contributed by atoms with Crippen molar-refractivity contribution in [2.45, 2.75) is 26.2 Å². The maximum Gasteiger partial charge on any atom is 0.260 e. The lowest BCUT2D eigenvalue weighted by atomic mass is 9.95. The first-order valence-electron chi connectivity index (χ1n) is 9.51. The highest BCUT2D eigenvalue weighted by molar-refractivity contribution is 5.92. The number of benzene rings is 2. The molecule has 0 radical (unpaired) electrons. The molecule has 0 atom stereocenters. The molecule has 0 unspecified atom stereocenters. The number of ether oxygens (including phenoxy) is 1. The van der Waals surface area contributed by atoms with Crippen molar-refractivity contribution in [3.63, 3.8) is 0 Å². The number of aryl methyl sites for hydroxylation is 1. The summed E-state index contributed by atoms with van der Waals surface area (Å²) in [7, 11) is 0. The predicted molar refractivity (Wildman–Crippen MR) is 106 cm³/mol. The highest BCUT2D eigenvalue weighted by Gasteiger charge is 2.27. The zero-order valence-electron chi connectivity index (χ0n) is 15.7. The Morgan fingerprint density at radius 2 is 1.70 bits per heavy atom. The van der Waals surface area contributed by atoms with E-state index in [1.165, 1.54) is 5.56 Å². The Morgan fingerprint density at radius 1 is 1.04 bits per heavy atom. The number of rotatable bonds is 6. The summed E-state index contributed by atoms with van der Waals surface area (Å²) in [4.78, 5) is 26.5. The Bertz CT molecular complexity index is 751. The number of para-hydroxylation sites is 1. The van der Waals surface area contributed by atoms with Gasteiger partial charge in [-0.2, -0.15) is 0 Å². The molecular weight excluding hydrogens is 340 g/mol. The van der Waals surface area contributed by atoms with E-state index in [4.69, 9.17) is 4.74 Å². The summed E-state index contributed by atoms with van der Waals surface area (Å²) < 4.78 is 5.60. The van der Waals surface area contributed by atoms with Crippen molar-refractivity contribution in [2.24, 2.45) is 5.92 Å². The van der Waals surface area contributed by atoms with Crippen LogP contribution < -0.4 is 10.1 Å². The molecule has 1 heterocycles. The van der Waals surface area contributed by atoms with E-state index in [2.05, 4.69) is 12.2 Å². The van der Waals surface area contributed by atoms with Gasteiger partial charge in [-0.15, -0.1) is 0 Å². The molecule has 0 aliphatic carbocycles. The van der Waals surface area contributed by atoms with E-state index < -0.39 is 0 Å². The lowest BCUT2D eigenvalue weighted by molar-refractivity contribution is -0.136. The zero-order chi connectivity index (χ0) is 19.1. The van der Waals surface area contributed by atoms with Crippen LogP contribution in [0.3, 0.4) is 0 Å². The molecule has 0 spiro atoms. The zero-order valence-corrected chi connectivity index (χ0v) is 15.7. The summed E-state index contributed by atoms with van der Waals surface area (Å²) in [6, 6.07) is 17.3. The van der Waals surface area contributed by atoms with Crippen LogP contribution in [-0.2, 0) is 16.0 Å². The Labute approximate surface area is 160 Å². The quantitative estimate of drug-likeness (QED) is 0.851. The summed E-state index contributed by atoms with van der Waals surface area (Å²) in [6.45, 7) is 3.31. The monoisotopic (exact) mass is 366 g/mol. The lowest BCUT2D eigenvalue weighted by Gasteiger charge is -2.31. The second-order valence-corrected chi connectivity index (χ2v) is 6.80. The molecule has 1 saturated heterocycles. The van der Waals surface area contributed by atoms with Gasteiger partial charge in [-0.1, -0.05) is 37.3 Å². The number of piperidine rings is 1. The number of carbonyl (C=O) groups is 2. The highest BCUT2D eigenvalue weighted by atomic mass is 16.5. The van der Waals surface area contributed by atoms with Gasteiger partial charge in [0.1, 0.15) is 5.75 Å². The molecule has 0 saturated carbocycles. The number of nitrogens with zero attached hydrogens (tertiary/aromatic N) is 1. The van der Waals surface area contributed by atoms with Crippen LogP contribution in [0, 0.1) is 5.92 Å². The number of anilines is 1. The second-order valence-electron chi connectivity index (χ2n) is 6.80. The molecule has 0 aromatic heterocycles. The number of hydrogen-bond acceptors (Lipinski definition) is 3. The van der Waals surface area contributed by atoms with Crippen LogP contribution in [0.25, 0.3) is 0 Å². The lowest BCUT2D eigenvalue weighted by Crippen LogP contribution is -2.43. The highest BCUT2D eigenvalue weighted by Crippen LogP contribution is 2.20. The minimum Gasteiger partial charge on any atom is -0.484 e. The van der Waals surface area contributed by atoms with Gasteiger partial charge >= 0.3 is 0 Å². The molecule has 1 fully saturated rings. The standard InChI is InChI=1S/C22H26N2O3/c1-2-17-8-10-20(11-9-17)27-16-21(25)24-14-12-18(13-15-24)22(26)23-19-6-4-3-5-7-19/h3-11,18H,2,12-16H2,1H3,(H,23,26). The largest absolute Gasteiger partial charge is 0.484 e. The van der Waals surface area contributed by atoms with Crippen LogP contribution >= 0.6 is 0 Å². The van der Waals surface area contributed by atoms with Gasteiger partial charge in [0.2, 0.25) is 5.91 Å². The molecule has 27 heavy (non-hydrogen) atoms. The van der Waals surface area contributed by atoms with Gasteiger partial charge in [0.25, 0.3) is 5.91 Å². The van der Waals surface area contributed by atoms with Gasteiger partial charge in [0.05, 0.1) is 0 Å². The maximum absolute atomic E-state index is 12.4. The maximum atomic E-state index is 12.4. The fraction of sp³-hybridized carbons (Fsp3) is 0.364. The Balaban J connectivity index is 1.42. The molecule has 1 aliphatic heterocycles.